The van der Waals surface area contributed by atoms with Crippen LogP contribution < -0.4 is 10.6 Å². The Labute approximate surface area is 158 Å². The van der Waals surface area contributed by atoms with Crippen LogP contribution in [-0.4, -0.2) is 23.4 Å². The van der Waals surface area contributed by atoms with E-state index in [4.69, 9.17) is 0 Å². The van der Waals surface area contributed by atoms with Crippen molar-refractivity contribution in [2.75, 3.05) is 11.9 Å². The first-order valence-corrected chi connectivity index (χ1v) is 9.12. The summed E-state index contributed by atoms with van der Waals surface area (Å²) >= 11 is 0. The van der Waals surface area contributed by atoms with E-state index in [0.717, 1.165) is 24.1 Å². The molecule has 0 unspecified atom stereocenters. The maximum Gasteiger partial charge on any atom is 0.319 e. The highest BCUT2D eigenvalue weighted by molar-refractivity contribution is 5.89. The average molecular weight is 369 g/mol. The van der Waals surface area contributed by atoms with Crippen molar-refractivity contribution < 1.29 is 14.0 Å². The lowest BCUT2D eigenvalue weighted by atomic mass is 9.98. The van der Waals surface area contributed by atoms with Gasteiger partial charge in [0.15, 0.2) is 0 Å². The van der Waals surface area contributed by atoms with Gasteiger partial charge < -0.3 is 15.5 Å². The third-order valence-corrected chi connectivity index (χ3v) is 4.65. The van der Waals surface area contributed by atoms with Crippen LogP contribution in [0.5, 0.6) is 0 Å². The molecule has 6 heteroatoms. The fourth-order valence-corrected chi connectivity index (χ4v) is 3.15. The van der Waals surface area contributed by atoms with E-state index < -0.39 is 0 Å². The fraction of sp³-hybridized carbons (Fsp3) is 0.333. The second-order valence-electron chi connectivity index (χ2n) is 7.08. The van der Waals surface area contributed by atoms with Crippen LogP contribution in [-0.2, 0) is 24.3 Å². The molecule has 2 aromatic carbocycles. The highest BCUT2D eigenvalue weighted by atomic mass is 19.1. The van der Waals surface area contributed by atoms with Gasteiger partial charge in [0.1, 0.15) is 5.82 Å². The van der Waals surface area contributed by atoms with E-state index in [-0.39, 0.29) is 23.7 Å². The molecule has 0 bridgehead atoms. The third kappa shape index (κ3) is 4.84. The summed E-state index contributed by atoms with van der Waals surface area (Å²) in [6, 6.07) is 11.5. The Bertz CT molecular complexity index is 834. The number of rotatable bonds is 4. The number of nitrogens with zero attached hydrogens (tertiary/aromatic N) is 1. The molecule has 0 aliphatic carbocycles. The fourth-order valence-electron chi connectivity index (χ4n) is 3.15. The number of anilines is 1. The molecule has 3 rings (SSSR count). The Morgan fingerprint density at radius 2 is 1.85 bits per heavy atom. The van der Waals surface area contributed by atoms with Crippen LogP contribution in [0.25, 0.3) is 0 Å². The number of amides is 3. The van der Waals surface area contributed by atoms with Crippen molar-refractivity contribution in [2.45, 2.75) is 33.4 Å². The number of fused-ring (bicyclic) bond motifs is 1. The molecule has 2 aromatic rings. The topological polar surface area (TPSA) is 61.4 Å². The standard InChI is InChI=1S/C21H24FN3O2/c1-14(2)20(26)25-10-9-16-5-8-19(11-17(16)13-25)24-21(27)23-12-15-3-6-18(22)7-4-15/h3-8,11,14H,9-10,12-13H2,1-2H3,(H2,23,24,27). The Morgan fingerprint density at radius 1 is 1.11 bits per heavy atom. The molecule has 2 N–H and O–H groups in total. The molecule has 0 spiro atoms. The zero-order chi connectivity index (χ0) is 19.4. The minimum atomic E-state index is -0.329. The summed E-state index contributed by atoms with van der Waals surface area (Å²) < 4.78 is 12.9. The number of nitrogens with one attached hydrogen (secondary N) is 2. The van der Waals surface area contributed by atoms with E-state index in [0.29, 0.717) is 18.8 Å². The summed E-state index contributed by atoms with van der Waals surface area (Å²) in [7, 11) is 0. The summed E-state index contributed by atoms with van der Waals surface area (Å²) in [6.45, 7) is 5.42. The summed E-state index contributed by atoms with van der Waals surface area (Å²) in [6.07, 6.45) is 0.824. The number of carbonyl (C=O) groups is 2. The first-order chi connectivity index (χ1) is 12.9. The van der Waals surface area contributed by atoms with Gasteiger partial charge in [0.25, 0.3) is 0 Å². The molecule has 3 amide bonds. The van der Waals surface area contributed by atoms with Crippen LogP contribution >= 0.6 is 0 Å². The second-order valence-corrected chi connectivity index (χ2v) is 7.08. The molecule has 0 fully saturated rings. The molecule has 0 saturated carbocycles. The van der Waals surface area contributed by atoms with Gasteiger partial charge in [0.2, 0.25) is 5.91 Å². The number of carbonyl (C=O) groups excluding carboxylic acids is 2. The van der Waals surface area contributed by atoms with Gasteiger partial charge in [-0.05, 0) is 47.4 Å². The van der Waals surface area contributed by atoms with Crippen molar-refractivity contribution in [2.24, 2.45) is 5.92 Å². The second kappa shape index (κ2) is 8.20. The predicted molar refractivity (Wildman–Crippen MR) is 103 cm³/mol. The molecule has 1 aliphatic rings. The Kier molecular flexibility index (Phi) is 5.74. The zero-order valence-corrected chi connectivity index (χ0v) is 15.6. The lowest BCUT2D eigenvalue weighted by Gasteiger charge is -2.30. The van der Waals surface area contributed by atoms with Crippen molar-refractivity contribution in [1.82, 2.24) is 10.2 Å². The molecule has 1 heterocycles. The molecular formula is C21H24FN3O2. The van der Waals surface area contributed by atoms with E-state index in [2.05, 4.69) is 10.6 Å². The smallest absolute Gasteiger partial charge is 0.319 e. The quantitative estimate of drug-likeness (QED) is 0.863. The van der Waals surface area contributed by atoms with E-state index in [9.17, 15) is 14.0 Å². The van der Waals surface area contributed by atoms with Crippen molar-refractivity contribution in [3.8, 4) is 0 Å². The first-order valence-electron chi connectivity index (χ1n) is 9.12. The number of halogens is 1. The maximum atomic E-state index is 12.9. The third-order valence-electron chi connectivity index (χ3n) is 4.65. The molecular weight excluding hydrogens is 345 g/mol. The van der Waals surface area contributed by atoms with Gasteiger partial charge in [0.05, 0.1) is 0 Å². The van der Waals surface area contributed by atoms with Crippen molar-refractivity contribution in [3.05, 3.63) is 65.0 Å². The number of hydrogen-bond acceptors (Lipinski definition) is 2. The Balaban J connectivity index is 1.59. The van der Waals surface area contributed by atoms with Crippen molar-refractivity contribution in [3.63, 3.8) is 0 Å². The summed E-state index contributed by atoms with van der Waals surface area (Å²) in [5.74, 6) is -0.177. The predicted octanol–water partition coefficient (Wildman–Crippen LogP) is 3.69. The van der Waals surface area contributed by atoms with Crippen LogP contribution in [0, 0.1) is 11.7 Å². The lowest BCUT2D eigenvalue weighted by molar-refractivity contribution is -0.135. The molecule has 0 atom stereocenters. The Morgan fingerprint density at radius 3 is 2.56 bits per heavy atom. The van der Waals surface area contributed by atoms with Crippen LogP contribution in [0.3, 0.4) is 0 Å². The van der Waals surface area contributed by atoms with Crippen molar-refractivity contribution >= 4 is 17.6 Å². The van der Waals surface area contributed by atoms with Gasteiger partial charge in [0, 0.05) is 31.2 Å². The molecule has 0 aromatic heterocycles. The van der Waals surface area contributed by atoms with E-state index in [1.165, 1.54) is 17.7 Å². The molecule has 0 radical (unpaired) electrons. The van der Waals surface area contributed by atoms with Crippen LogP contribution in [0.2, 0.25) is 0 Å². The molecule has 1 aliphatic heterocycles. The van der Waals surface area contributed by atoms with Gasteiger partial charge >= 0.3 is 6.03 Å². The summed E-state index contributed by atoms with van der Waals surface area (Å²) in [4.78, 5) is 26.2. The Hall–Kier alpha value is -2.89. The van der Waals surface area contributed by atoms with E-state index in [1.54, 1.807) is 12.1 Å². The van der Waals surface area contributed by atoms with E-state index in [1.807, 2.05) is 36.9 Å². The highest BCUT2D eigenvalue weighted by Crippen LogP contribution is 2.23. The normalized spacial score (nSPS) is 13.3. The molecule has 5 nitrogen and oxygen atoms in total. The summed E-state index contributed by atoms with van der Waals surface area (Å²) in [5, 5.41) is 5.56. The minimum absolute atomic E-state index is 0.0231. The monoisotopic (exact) mass is 369 g/mol. The van der Waals surface area contributed by atoms with Gasteiger partial charge in [-0.1, -0.05) is 32.0 Å². The number of benzene rings is 2. The molecule has 142 valence electrons. The lowest BCUT2D eigenvalue weighted by Crippen LogP contribution is -2.38. The number of hydrogen-bond donors (Lipinski definition) is 2. The SMILES string of the molecule is CC(C)C(=O)N1CCc2ccc(NC(=O)NCc3ccc(F)cc3)cc2C1. The van der Waals surface area contributed by atoms with Crippen LogP contribution in [0.1, 0.15) is 30.5 Å². The molecule has 0 saturated heterocycles. The largest absolute Gasteiger partial charge is 0.338 e. The van der Waals surface area contributed by atoms with Gasteiger partial charge in [-0.25, -0.2) is 9.18 Å². The first kappa shape index (κ1) is 18.9. The zero-order valence-electron chi connectivity index (χ0n) is 15.6. The van der Waals surface area contributed by atoms with E-state index >= 15 is 0 Å². The minimum Gasteiger partial charge on any atom is -0.338 e. The van der Waals surface area contributed by atoms with Crippen LogP contribution in [0.15, 0.2) is 42.5 Å². The molecule has 27 heavy (non-hydrogen) atoms. The summed E-state index contributed by atoms with van der Waals surface area (Å²) in [5.41, 5.74) is 3.77. The maximum absolute atomic E-state index is 12.9. The van der Waals surface area contributed by atoms with Gasteiger partial charge in [-0.3, -0.25) is 4.79 Å². The average Bonchev–Trinajstić information content (AvgIpc) is 2.66. The highest BCUT2D eigenvalue weighted by Gasteiger charge is 2.22. The van der Waals surface area contributed by atoms with Crippen LogP contribution in [0.4, 0.5) is 14.9 Å². The van der Waals surface area contributed by atoms with Crippen molar-refractivity contribution in [1.29, 1.82) is 0 Å². The van der Waals surface area contributed by atoms with Gasteiger partial charge in [-0.2, -0.15) is 0 Å². The van der Waals surface area contributed by atoms with Gasteiger partial charge in [-0.15, -0.1) is 0 Å². The number of urea groups is 1.